The topological polar surface area (TPSA) is 46.9 Å². The smallest absolute Gasteiger partial charge is 0.160 e. The average molecular weight is 207 g/mol. The van der Waals surface area contributed by atoms with E-state index in [-0.39, 0.29) is 0 Å². The van der Waals surface area contributed by atoms with Crippen LogP contribution in [-0.2, 0) is 0 Å². The molecule has 0 atom stereocenters. The highest BCUT2D eigenvalue weighted by Gasteiger charge is 2.02. The first-order valence-electron chi connectivity index (χ1n) is 4.10. The Balaban J connectivity index is 2.33. The second kappa shape index (κ2) is 3.63. The lowest BCUT2D eigenvalue weighted by Crippen LogP contribution is -1.91. The summed E-state index contributed by atoms with van der Waals surface area (Å²) in [6, 6.07) is 1.81. The number of carbonyl (C=O) groups is 1. The zero-order chi connectivity index (χ0) is 9.97. The molecule has 2 aromatic heterocycles. The number of hydrogen-bond donors (Lipinski definition) is 1. The van der Waals surface area contributed by atoms with Crippen LogP contribution in [0.1, 0.15) is 9.67 Å². The fraction of sp³-hybridized carbons (Fsp3) is 0.111. The second-order valence-electron chi connectivity index (χ2n) is 2.75. The molecule has 5 heteroatoms. The predicted molar refractivity (Wildman–Crippen MR) is 56.4 cm³/mol. The first kappa shape index (κ1) is 8.96. The Hall–Kier alpha value is -1.62. The van der Waals surface area contributed by atoms with Crippen molar-refractivity contribution in [3.63, 3.8) is 0 Å². The Morgan fingerprint density at radius 3 is 3.07 bits per heavy atom. The number of aromatic nitrogens is 2. The Bertz CT molecular complexity index is 446. The van der Waals surface area contributed by atoms with Gasteiger partial charge < -0.3 is 5.32 Å². The van der Waals surface area contributed by atoms with Gasteiger partial charge in [0.25, 0.3) is 0 Å². The van der Waals surface area contributed by atoms with E-state index in [2.05, 4.69) is 10.4 Å². The van der Waals surface area contributed by atoms with E-state index in [1.807, 2.05) is 24.7 Å². The zero-order valence-corrected chi connectivity index (χ0v) is 8.41. The number of aldehydes is 1. The highest BCUT2D eigenvalue weighted by atomic mass is 32.1. The monoisotopic (exact) mass is 207 g/mol. The molecule has 0 spiro atoms. The van der Waals surface area contributed by atoms with Gasteiger partial charge in [-0.2, -0.15) is 5.10 Å². The summed E-state index contributed by atoms with van der Waals surface area (Å²) in [7, 11) is 1.84. The van der Waals surface area contributed by atoms with Crippen LogP contribution in [0.3, 0.4) is 0 Å². The van der Waals surface area contributed by atoms with Crippen molar-refractivity contribution in [1.29, 1.82) is 0 Å². The summed E-state index contributed by atoms with van der Waals surface area (Å²) in [5, 5.41) is 9.04. The van der Waals surface area contributed by atoms with Crippen LogP contribution in [0.15, 0.2) is 23.8 Å². The van der Waals surface area contributed by atoms with Gasteiger partial charge in [0.15, 0.2) is 6.29 Å². The molecule has 0 aliphatic heterocycles. The van der Waals surface area contributed by atoms with E-state index >= 15 is 0 Å². The van der Waals surface area contributed by atoms with Crippen molar-refractivity contribution in [1.82, 2.24) is 9.78 Å². The molecule has 0 unspecified atom stereocenters. The van der Waals surface area contributed by atoms with Crippen LogP contribution in [0.4, 0.5) is 5.69 Å². The molecule has 0 aliphatic rings. The Kier molecular flexibility index (Phi) is 2.32. The van der Waals surface area contributed by atoms with Gasteiger partial charge >= 0.3 is 0 Å². The van der Waals surface area contributed by atoms with Crippen molar-refractivity contribution in [2.45, 2.75) is 0 Å². The third-order valence-electron chi connectivity index (χ3n) is 1.86. The first-order chi connectivity index (χ1) is 6.83. The number of carbonyl (C=O) groups excluding carboxylic acids is 1. The summed E-state index contributed by atoms with van der Waals surface area (Å²) in [4.78, 5) is 11.2. The summed E-state index contributed by atoms with van der Waals surface area (Å²) >= 11 is 1.41. The third kappa shape index (κ3) is 1.54. The minimum atomic E-state index is 0.710. The first-order valence-corrected chi connectivity index (χ1v) is 4.98. The van der Waals surface area contributed by atoms with Crippen molar-refractivity contribution in [2.24, 2.45) is 0 Å². The van der Waals surface area contributed by atoms with Crippen molar-refractivity contribution < 1.29 is 4.79 Å². The SMILES string of the molecule is CNc1cnn(-c2csc(C=O)c2)c1. The summed E-state index contributed by atoms with van der Waals surface area (Å²) in [6.45, 7) is 0. The van der Waals surface area contributed by atoms with Gasteiger partial charge in [0.2, 0.25) is 0 Å². The molecule has 0 fully saturated rings. The average Bonchev–Trinajstić information content (AvgIpc) is 2.86. The van der Waals surface area contributed by atoms with Crippen molar-refractivity contribution >= 4 is 23.3 Å². The van der Waals surface area contributed by atoms with Gasteiger partial charge in [-0.1, -0.05) is 0 Å². The van der Waals surface area contributed by atoms with E-state index in [0.717, 1.165) is 17.7 Å². The standard InChI is InChI=1S/C9H9N3OS/c1-10-7-3-11-12(4-7)8-2-9(5-13)14-6-8/h2-6,10H,1H3. The molecule has 2 rings (SSSR count). The van der Waals surface area contributed by atoms with Crippen LogP contribution >= 0.6 is 11.3 Å². The highest BCUT2D eigenvalue weighted by Crippen LogP contribution is 2.17. The number of nitrogens with zero attached hydrogens (tertiary/aromatic N) is 2. The number of hydrogen-bond acceptors (Lipinski definition) is 4. The summed E-state index contributed by atoms with van der Waals surface area (Å²) in [5.74, 6) is 0. The van der Waals surface area contributed by atoms with Crippen molar-refractivity contribution in [3.8, 4) is 5.69 Å². The maximum absolute atomic E-state index is 10.5. The van der Waals surface area contributed by atoms with Gasteiger partial charge in [-0.3, -0.25) is 4.79 Å². The highest BCUT2D eigenvalue weighted by molar-refractivity contribution is 7.12. The van der Waals surface area contributed by atoms with E-state index in [0.29, 0.717) is 4.88 Å². The van der Waals surface area contributed by atoms with Crippen LogP contribution in [0, 0.1) is 0 Å². The normalized spacial score (nSPS) is 10.1. The lowest BCUT2D eigenvalue weighted by atomic mass is 10.4. The molecule has 4 nitrogen and oxygen atoms in total. The van der Waals surface area contributed by atoms with Crippen LogP contribution in [-0.4, -0.2) is 23.1 Å². The van der Waals surface area contributed by atoms with E-state index in [9.17, 15) is 4.79 Å². The molecule has 0 saturated carbocycles. The molecule has 2 heterocycles. The Morgan fingerprint density at radius 2 is 2.50 bits per heavy atom. The minimum absolute atomic E-state index is 0.710. The largest absolute Gasteiger partial charge is 0.386 e. The second-order valence-corrected chi connectivity index (χ2v) is 3.69. The van der Waals surface area contributed by atoms with Gasteiger partial charge in [-0.05, 0) is 6.07 Å². The van der Waals surface area contributed by atoms with Gasteiger partial charge in [-0.25, -0.2) is 4.68 Å². The third-order valence-corrected chi connectivity index (χ3v) is 2.70. The number of rotatable bonds is 3. The lowest BCUT2D eigenvalue weighted by molar-refractivity contribution is 0.112. The van der Waals surface area contributed by atoms with Gasteiger partial charge in [0, 0.05) is 12.4 Å². The Morgan fingerprint density at radius 1 is 1.64 bits per heavy atom. The molecular formula is C9H9N3OS. The molecule has 0 aromatic carbocycles. The predicted octanol–water partition coefficient (Wildman–Crippen LogP) is 1.79. The fourth-order valence-corrected chi connectivity index (χ4v) is 1.79. The van der Waals surface area contributed by atoms with E-state index in [4.69, 9.17) is 0 Å². The van der Waals surface area contributed by atoms with E-state index in [1.165, 1.54) is 11.3 Å². The summed E-state index contributed by atoms with van der Waals surface area (Å²) in [6.07, 6.45) is 4.45. The van der Waals surface area contributed by atoms with Crippen molar-refractivity contribution in [3.05, 3.63) is 28.7 Å². The molecular weight excluding hydrogens is 198 g/mol. The Labute approximate surface area is 85.2 Å². The zero-order valence-electron chi connectivity index (χ0n) is 7.60. The molecule has 0 saturated heterocycles. The van der Waals surface area contributed by atoms with Gasteiger partial charge in [0.1, 0.15) is 0 Å². The maximum atomic E-state index is 10.5. The van der Waals surface area contributed by atoms with Crippen LogP contribution < -0.4 is 5.32 Å². The summed E-state index contributed by atoms with van der Waals surface area (Å²) < 4.78 is 1.73. The number of thiophene rings is 1. The van der Waals surface area contributed by atoms with Gasteiger partial charge in [-0.15, -0.1) is 11.3 Å². The number of anilines is 1. The van der Waals surface area contributed by atoms with E-state index < -0.39 is 0 Å². The molecule has 1 N–H and O–H groups in total. The van der Waals surface area contributed by atoms with Crippen molar-refractivity contribution in [2.75, 3.05) is 12.4 Å². The maximum Gasteiger partial charge on any atom is 0.160 e. The molecule has 14 heavy (non-hydrogen) atoms. The van der Waals surface area contributed by atoms with E-state index in [1.54, 1.807) is 10.9 Å². The lowest BCUT2D eigenvalue weighted by Gasteiger charge is -1.94. The molecule has 0 radical (unpaired) electrons. The number of nitrogens with one attached hydrogen (secondary N) is 1. The molecule has 0 amide bonds. The molecule has 0 bridgehead atoms. The molecule has 2 aromatic rings. The summed E-state index contributed by atoms with van der Waals surface area (Å²) in [5.41, 5.74) is 1.86. The molecule has 72 valence electrons. The van der Waals surface area contributed by atoms with Gasteiger partial charge in [0.05, 0.1) is 28.6 Å². The van der Waals surface area contributed by atoms with Crippen LogP contribution in [0.25, 0.3) is 5.69 Å². The minimum Gasteiger partial charge on any atom is -0.386 e. The molecule has 0 aliphatic carbocycles. The quantitative estimate of drug-likeness (QED) is 0.780. The fourth-order valence-electron chi connectivity index (χ4n) is 1.12. The van der Waals surface area contributed by atoms with Crippen LogP contribution in [0.5, 0.6) is 0 Å². The van der Waals surface area contributed by atoms with Crippen LogP contribution in [0.2, 0.25) is 0 Å².